The van der Waals surface area contributed by atoms with E-state index in [9.17, 15) is 4.79 Å². The highest BCUT2D eigenvalue weighted by atomic mass is 16.5. The van der Waals surface area contributed by atoms with E-state index in [-0.39, 0.29) is 6.42 Å². The van der Waals surface area contributed by atoms with Gasteiger partial charge in [0.25, 0.3) is 0 Å². The molecule has 0 aliphatic carbocycles. The molecule has 21 heavy (non-hydrogen) atoms. The summed E-state index contributed by atoms with van der Waals surface area (Å²) in [4.78, 5) is 10.4. The van der Waals surface area contributed by atoms with Gasteiger partial charge in [0.15, 0.2) is 0 Å². The number of carboxylic acid groups (broad SMARTS) is 1. The van der Waals surface area contributed by atoms with Crippen molar-refractivity contribution in [2.45, 2.75) is 19.4 Å². The molecule has 0 unspecified atom stereocenters. The number of benzene rings is 2. The molecule has 1 N–H and O–H groups in total. The van der Waals surface area contributed by atoms with Gasteiger partial charge >= 0.3 is 5.97 Å². The second-order valence-electron chi connectivity index (χ2n) is 4.59. The standard InChI is InChI=1S/C17H18O4/c18-17(19)10-5-11-20-15-8-4-9-16(12-15)21-13-14-6-2-1-3-7-14/h1-4,6-9,12H,5,10-11,13H2,(H,18,19). The van der Waals surface area contributed by atoms with Gasteiger partial charge in [-0.25, -0.2) is 0 Å². The van der Waals surface area contributed by atoms with Crippen LogP contribution in [0.15, 0.2) is 54.6 Å². The van der Waals surface area contributed by atoms with Gasteiger partial charge in [-0.1, -0.05) is 36.4 Å². The molecule has 0 saturated heterocycles. The molecule has 0 heterocycles. The first-order chi connectivity index (χ1) is 10.2. The third kappa shape index (κ3) is 5.57. The lowest BCUT2D eigenvalue weighted by Crippen LogP contribution is -2.02. The summed E-state index contributed by atoms with van der Waals surface area (Å²) in [6.45, 7) is 0.887. The van der Waals surface area contributed by atoms with Gasteiger partial charge in [0.05, 0.1) is 6.61 Å². The number of hydrogen-bond acceptors (Lipinski definition) is 3. The van der Waals surface area contributed by atoms with Gasteiger partial charge in [-0.15, -0.1) is 0 Å². The maximum atomic E-state index is 10.4. The smallest absolute Gasteiger partial charge is 0.303 e. The molecule has 0 aromatic heterocycles. The zero-order valence-corrected chi connectivity index (χ0v) is 11.7. The number of ether oxygens (including phenoxy) is 2. The molecule has 0 atom stereocenters. The van der Waals surface area contributed by atoms with Crippen LogP contribution in [0.25, 0.3) is 0 Å². The van der Waals surface area contributed by atoms with E-state index in [1.165, 1.54) is 0 Å². The van der Waals surface area contributed by atoms with Crippen LogP contribution in [0.3, 0.4) is 0 Å². The van der Waals surface area contributed by atoms with Gasteiger partial charge in [-0.05, 0) is 24.1 Å². The van der Waals surface area contributed by atoms with Gasteiger partial charge in [-0.2, -0.15) is 0 Å². The minimum atomic E-state index is -0.807. The molecule has 2 aromatic carbocycles. The van der Waals surface area contributed by atoms with Gasteiger partial charge in [-0.3, -0.25) is 4.79 Å². The van der Waals surface area contributed by atoms with Crippen LogP contribution in [0.2, 0.25) is 0 Å². The Morgan fingerprint density at radius 2 is 1.67 bits per heavy atom. The highest BCUT2D eigenvalue weighted by Gasteiger charge is 2.00. The van der Waals surface area contributed by atoms with Crippen molar-refractivity contribution in [2.24, 2.45) is 0 Å². The van der Waals surface area contributed by atoms with Crippen LogP contribution in [0.4, 0.5) is 0 Å². The Bertz CT molecular complexity index is 566. The molecule has 4 heteroatoms. The molecular formula is C17H18O4. The van der Waals surface area contributed by atoms with Crippen LogP contribution < -0.4 is 9.47 Å². The highest BCUT2D eigenvalue weighted by Crippen LogP contribution is 2.20. The molecule has 0 saturated carbocycles. The summed E-state index contributed by atoms with van der Waals surface area (Å²) in [6.07, 6.45) is 0.606. The van der Waals surface area contributed by atoms with Crippen LogP contribution >= 0.6 is 0 Å². The summed E-state index contributed by atoms with van der Waals surface area (Å²) >= 11 is 0. The third-order valence-electron chi connectivity index (χ3n) is 2.86. The first kappa shape index (κ1) is 14.9. The van der Waals surface area contributed by atoms with Gasteiger partial charge in [0.2, 0.25) is 0 Å². The van der Waals surface area contributed by atoms with Gasteiger partial charge < -0.3 is 14.6 Å². The van der Waals surface area contributed by atoms with Crippen molar-refractivity contribution in [3.8, 4) is 11.5 Å². The average Bonchev–Trinajstić information content (AvgIpc) is 2.51. The Hall–Kier alpha value is -2.49. The lowest BCUT2D eigenvalue weighted by Gasteiger charge is -2.09. The molecule has 0 aliphatic rings. The number of carbonyl (C=O) groups is 1. The van der Waals surface area contributed by atoms with E-state index in [2.05, 4.69) is 0 Å². The molecule has 0 fully saturated rings. The van der Waals surface area contributed by atoms with E-state index in [1.807, 2.05) is 54.6 Å². The minimum Gasteiger partial charge on any atom is -0.493 e. The molecule has 0 aliphatic heterocycles. The Balaban J connectivity index is 1.81. The molecule has 2 rings (SSSR count). The second kappa shape index (κ2) is 7.94. The number of aliphatic carboxylic acids is 1. The summed E-state index contributed by atoms with van der Waals surface area (Å²) in [7, 11) is 0. The first-order valence-corrected chi connectivity index (χ1v) is 6.85. The SMILES string of the molecule is O=C(O)CCCOc1cccc(OCc2ccccc2)c1. The summed E-state index contributed by atoms with van der Waals surface area (Å²) < 4.78 is 11.2. The fourth-order valence-corrected chi connectivity index (χ4v) is 1.81. The van der Waals surface area contributed by atoms with Gasteiger partial charge in [0, 0.05) is 12.5 Å². The summed E-state index contributed by atoms with van der Waals surface area (Å²) in [5.74, 6) is 0.610. The fourth-order valence-electron chi connectivity index (χ4n) is 1.81. The zero-order valence-electron chi connectivity index (χ0n) is 11.7. The van der Waals surface area contributed by atoms with Crippen LogP contribution in [0.5, 0.6) is 11.5 Å². The predicted molar refractivity (Wildman–Crippen MR) is 79.6 cm³/mol. The van der Waals surface area contributed by atoms with Crippen molar-refractivity contribution in [1.82, 2.24) is 0 Å². The number of hydrogen-bond donors (Lipinski definition) is 1. The Morgan fingerprint density at radius 3 is 2.38 bits per heavy atom. The molecule has 0 bridgehead atoms. The van der Waals surface area contributed by atoms with Crippen molar-refractivity contribution in [3.63, 3.8) is 0 Å². The average molecular weight is 286 g/mol. The van der Waals surface area contributed by atoms with Crippen molar-refractivity contribution >= 4 is 5.97 Å². The Labute approximate surface area is 123 Å². The fraction of sp³-hybridized carbons (Fsp3) is 0.235. The van der Waals surface area contributed by atoms with Gasteiger partial charge in [0.1, 0.15) is 18.1 Å². The Morgan fingerprint density at radius 1 is 0.952 bits per heavy atom. The minimum absolute atomic E-state index is 0.115. The Kier molecular flexibility index (Phi) is 5.64. The molecule has 0 amide bonds. The molecule has 0 radical (unpaired) electrons. The van der Waals surface area contributed by atoms with E-state index in [0.717, 1.165) is 11.3 Å². The lowest BCUT2D eigenvalue weighted by atomic mass is 10.2. The first-order valence-electron chi connectivity index (χ1n) is 6.85. The predicted octanol–water partition coefficient (Wildman–Crippen LogP) is 3.51. The molecular weight excluding hydrogens is 268 g/mol. The molecule has 4 nitrogen and oxygen atoms in total. The van der Waals surface area contributed by atoms with Crippen LogP contribution in [0.1, 0.15) is 18.4 Å². The van der Waals surface area contributed by atoms with Crippen LogP contribution in [-0.4, -0.2) is 17.7 Å². The number of carboxylic acids is 1. The quantitative estimate of drug-likeness (QED) is 0.754. The monoisotopic (exact) mass is 286 g/mol. The van der Waals surface area contributed by atoms with Crippen LogP contribution in [0, 0.1) is 0 Å². The molecule has 110 valence electrons. The summed E-state index contributed by atoms with van der Waals surface area (Å²) in [5.41, 5.74) is 1.10. The lowest BCUT2D eigenvalue weighted by molar-refractivity contribution is -0.137. The molecule has 0 spiro atoms. The zero-order chi connectivity index (χ0) is 14.9. The largest absolute Gasteiger partial charge is 0.493 e. The highest BCUT2D eigenvalue weighted by molar-refractivity contribution is 5.66. The third-order valence-corrected chi connectivity index (χ3v) is 2.86. The van der Waals surface area contributed by atoms with E-state index in [1.54, 1.807) is 0 Å². The number of rotatable bonds is 8. The second-order valence-corrected chi connectivity index (χ2v) is 4.59. The van der Waals surface area contributed by atoms with Crippen molar-refractivity contribution in [3.05, 3.63) is 60.2 Å². The maximum Gasteiger partial charge on any atom is 0.303 e. The van der Waals surface area contributed by atoms with Crippen molar-refractivity contribution in [2.75, 3.05) is 6.61 Å². The van der Waals surface area contributed by atoms with Crippen molar-refractivity contribution in [1.29, 1.82) is 0 Å². The topological polar surface area (TPSA) is 55.8 Å². The van der Waals surface area contributed by atoms with E-state index < -0.39 is 5.97 Å². The van der Waals surface area contributed by atoms with E-state index >= 15 is 0 Å². The summed E-state index contributed by atoms with van der Waals surface area (Å²) in [5, 5.41) is 8.56. The van der Waals surface area contributed by atoms with E-state index in [0.29, 0.717) is 25.4 Å². The van der Waals surface area contributed by atoms with Crippen molar-refractivity contribution < 1.29 is 19.4 Å². The van der Waals surface area contributed by atoms with Crippen LogP contribution in [-0.2, 0) is 11.4 Å². The summed E-state index contributed by atoms with van der Waals surface area (Å²) in [6, 6.07) is 17.3. The maximum absolute atomic E-state index is 10.4. The normalized spacial score (nSPS) is 10.1. The van der Waals surface area contributed by atoms with E-state index in [4.69, 9.17) is 14.6 Å². The molecule has 2 aromatic rings.